The highest BCUT2D eigenvalue weighted by molar-refractivity contribution is 6.30. The maximum absolute atomic E-state index is 13.5. The van der Waals surface area contributed by atoms with Crippen LogP contribution in [0.1, 0.15) is 59.1 Å². The zero-order chi connectivity index (χ0) is 30.5. The normalized spacial score (nSPS) is 29.3. The molecular weight excluding hydrogens is 560 g/mol. The molecule has 3 N–H and O–H groups in total. The van der Waals surface area contributed by atoms with E-state index in [1.807, 2.05) is 42.5 Å². The van der Waals surface area contributed by atoms with E-state index < -0.39 is 6.04 Å². The lowest BCUT2D eigenvalue weighted by atomic mass is 9.45. The molecule has 1 aliphatic heterocycles. The van der Waals surface area contributed by atoms with Crippen molar-refractivity contribution >= 4 is 34.2 Å². The first-order valence-corrected chi connectivity index (χ1v) is 16.1. The van der Waals surface area contributed by atoms with E-state index >= 15 is 0 Å². The number of aliphatic imine (C=N–C) groups is 1. The van der Waals surface area contributed by atoms with Crippen LogP contribution < -0.4 is 16.2 Å². The summed E-state index contributed by atoms with van der Waals surface area (Å²) in [6, 6.07) is 13.8. The Bertz CT molecular complexity index is 1540. The number of nitrogens with zero attached hydrogens (tertiary/aromatic N) is 4. The van der Waals surface area contributed by atoms with Crippen LogP contribution in [0.5, 0.6) is 0 Å². The molecule has 2 heterocycles. The third-order valence-electron chi connectivity index (χ3n) is 10.5. The molecule has 43 heavy (non-hydrogen) atoms. The lowest BCUT2D eigenvalue weighted by molar-refractivity contribution is -0.112. The minimum absolute atomic E-state index is 0.172. The van der Waals surface area contributed by atoms with E-state index in [1.165, 1.54) is 17.4 Å². The van der Waals surface area contributed by atoms with Gasteiger partial charge in [0.15, 0.2) is 5.96 Å². The molecule has 0 radical (unpaired) electrons. The number of rotatable bonds is 6. The van der Waals surface area contributed by atoms with E-state index in [0.717, 1.165) is 42.1 Å². The first kappa shape index (κ1) is 30.1. The Labute approximate surface area is 259 Å². The Morgan fingerprint density at radius 2 is 1.86 bits per heavy atom. The molecule has 3 aromatic rings. The van der Waals surface area contributed by atoms with Crippen LogP contribution in [-0.4, -0.2) is 63.3 Å². The molecule has 1 unspecified atom stereocenters. The Balaban J connectivity index is 1.29. The van der Waals surface area contributed by atoms with E-state index in [-0.39, 0.29) is 12.2 Å². The molecule has 7 rings (SSSR count). The summed E-state index contributed by atoms with van der Waals surface area (Å²) < 4.78 is 1.54. The molecule has 9 heteroatoms. The monoisotopic (exact) mass is 604 g/mol. The minimum atomic E-state index is -0.426. The Morgan fingerprint density at radius 3 is 2.51 bits per heavy atom. The first-order valence-electron chi connectivity index (χ1n) is 15.8. The molecule has 1 saturated heterocycles. The molecular formula is C34H45ClN6O2. The second-order valence-corrected chi connectivity index (χ2v) is 14.3. The highest BCUT2D eigenvalue weighted by Crippen LogP contribution is 2.61. The predicted molar refractivity (Wildman–Crippen MR) is 174 cm³/mol. The second-order valence-electron chi connectivity index (χ2n) is 13.8. The molecule has 0 amide bonds. The molecule has 2 aromatic carbocycles. The average molecular weight is 605 g/mol. The van der Waals surface area contributed by atoms with Crippen molar-refractivity contribution < 1.29 is 5.11 Å². The van der Waals surface area contributed by atoms with Gasteiger partial charge in [-0.1, -0.05) is 44.5 Å². The molecule has 3 saturated carbocycles. The van der Waals surface area contributed by atoms with Gasteiger partial charge in [-0.3, -0.25) is 9.36 Å². The van der Waals surface area contributed by atoms with Crippen molar-refractivity contribution in [2.45, 2.75) is 78.0 Å². The van der Waals surface area contributed by atoms with Crippen molar-refractivity contribution in [3.8, 4) is 0 Å². The smallest absolute Gasteiger partial charge is 0.261 e. The summed E-state index contributed by atoms with van der Waals surface area (Å²) in [7, 11) is 0. The number of hydrogen-bond donors (Lipinski definition) is 3. The number of aliphatic hydroxyl groups is 1. The van der Waals surface area contributed by atoms with Gasteiger partial charge < -0.3 is 20.6 Å². The number of hydrogen-bond acceptors (Lipinski definition) is 5. The first-order chi connectivity index (χ1) is 20.5. The molecule has 1 aromatic heterocycles. The summed E-state index contributed by atoms with van der Waals surface area (Å²) in [6.07, 6.45) is 4.55. The van der Waals surface area contributed by atoms with E-state index in [2.05, 4.69) is 55.1 Å². The number of nitrogens with one attached hydrogen (secondary N) is 2. The number of piperazine rings is 1. The molecule has 3 aliphatic carbocycles. The minimum Gasteiger partial charge on any atom is -0.394 e. The molecule has 8 nitrogen and oxygen atoms in total. The predicted octanol–water partition coefficient (Wildman–Crippen LogP) is 5.16. The molecule has 7 atom stereocenters. The Morgan fingerprint density at radius 1 is 1.14 bits per heavy atom. The molecule has 0 spiro atoms. The van der Waals surface area contributed by atoms with Gasteiger partial charge in [0.05, 0.1) is 35.6 Å². The van der Waals surface area contributed by atoms with E-state index in [0.29, 0.717) is 51.8 Å². The van der Waals surface area contributed by atoms with Gasteiger partial charge in [0.1, 0.15) is 0 Å². The van der Waals surface area contributed by atoms with Gasteiger partial charge in [0.25, 0.3) is 5.56 Å². The number of benzene rings is 2. The van der Waals surface area contributed by atoms with Crippen LogP contribution in [0.4, 0.5) is 5.69 Å². The maximum Gasteiger partial charge on any atom is 0.261 e. The average Bonchev–Trinajstić information content (AvgIpc) is 2.97. The Hall–Kier alpha value is -2.94. The number of aromatic nitrogens is 2. The Kier molecular flexibility index (Phi) is 8.31. The SMILES string of the molecule is C[C@@H]1CN(C(=Nc2ccc3c(=O)n([C@H](CO)Cc4ccc(Cl)cc4)cnc3c2)NC2C[C@@H]3C[C@@H]([C@H]2C)C3(C)C)C[C@H](C)N1. The van der Waals surface area contributed by atoms with Crippen molar-refractivity contribution in [2.24, 2.45) is 28.2 Å². The van der Waals surface area contributed by atoms with Crippen molar-refractivity contribution in [3.63, 3.8) is 0 Å². The third kappa shape index (κ3) is 5.94. The van der Waals surface area contributed by atoms with E-state index in [4.69, 9.17) is 16.6 Å². The topological polar surface area (TPSA) is 94.8 Å². The maximum atomic E-state index is 13.5. The van der Waals surface area contributed by atoms with Crippen LogP contribution in [0.15, 0.2) is 58.6 Å². The fourth-order valence-electron chi connectivity index (χ4n) is 7.92. The molecule has 4 fully saturated rings. The summed E-state index contributed by atoms with van der Waals surface area (Å²) in [6.45, 7) is 13.3. The standard InChI is InChI=1S/C34H45ClN6O2/c1-20-16-40(17-21(2)37-20)33(39-30-14-24-13-29(22(30)3)34(24,4)5)38-26-10-11-28-31(15-26)36-19-41(32(28)43)27(18-42)12-23-6-8-25(35)9-7-23/h6-11,15,19-22,24,27,29-30,37,42H,12-14,16-18H2,1-5H3,(H,38,39)/t20-,21+,22-,24+,27+,29+,30?/m1/s1. The lowest BCUT2D eigenvalue weighted by Crippen LogP contribution is -2.64. The number of halogens is 1. The highest BCUT2D eigenvalue weighted by atomic mass is 35.5. The molecule has 230 valence electrons. The summed E-state index contributed by atoms with van der Waals surface area (Å²) in [5.74, 6) is 2.97. The number of aliphatic hydroxyl groups excluding tert-OH is 1. The van der Waals surface area contributed by atoms with Gasteiger partial charge in [0.2, 0.25) is 0 Å². The largest absolute Gasteiger partial charge is 0.394 e. The van der Waals surface area contributed by atoms with Crippen molar-refractivity contribution in [2.75, 3.05) is 19.7 Å². The van der Waals surface area contributed by atoms with Crippen LogP contribution in [-0.2, 0) is 6.42 Å². The second kappa shape index (κ2) is 11.9. The number of guanidine groups is 1. The van der Waals surface area contributed by atoms with Crippen molar-refractivity contribution in [1.29, 1.82) is 0 Å². The summed E-state index contributed by atoms with van der Waals surface area (Å²) >= 11 is 6.03. The molecule has 4 aliphatic rings. The van der Waals surface area contributed by atoms with E-state index in [9.17, 15) is 9.90 Å². The van der Waals surface area contributed by atoms with Gasteiger partial charge >= 0.3 is 0 Å². The highest BCUT2D eigenvalue weighted by Gasteiger charge is 2.56. The van der Waals surface area contributed by atoms with Gasteiger partial charge in [-0.15, -0.1) is 0 Å². The summed E-state index contributed by atoms with van der Waals surface area (Å²) in [5, 5.41) is 18.9. The van der Waals surface area contributed by atoms with Crippen LogP contribution in [0.3, 0.4) is 0 Å². The zero-order valence-electron chi connectivity index (χ0n) is 25.9. The van der Waals surface area contributed by atoms with Gasteiger partial charge in [-0.25, -0.2) is 9.98 Å². The summed E-state index contributed by atoms with van der Waals surface area (Å²) in [4.78, 5) is 25.7. The van der Waals surface area contributed by atoms with Crippen LogP contribution >= 0.6 is 11.6 Å². The van der Waals surface area contributed by atoms with Gasteiger partial charge in [0, 0.05) is 36.2 Å². The third-order valence-corrected chi connectivity index (χ3v) is 10.8. The number of fused-ring (bicyclic) bond motifs is 3. The summed E-state index contributed by atoms with van der Waals surface area (Å²) in [5.41, 5.74) is 2.61. The van der Waals surface area contributed by atoms with Crippen LogP contribution in [0, 0.1) is 23.2 Å². The van der Waals surface area contributed by atoms with Crippen molar-refractivity contribution in [1.82, 2.24) is 25.1 Å². The fourth-order valence-corrected chi connectivity index (χ4v) is 8.05. The van der Waals surface area contributed by atoms with Crippen LogP contribution in [0.2, 0.25) is 5.02 Å². The quantitative estimate of drug-likeness (QED) is 0.266. The zero-order valence-corrected chi connectivity index (χ0v) is 26.7. The van der Waals surface area contributed by atoms with Crippen molar-refractivity contribution in [3.05, 3.63) is 69.7 Å². The molecule has 2 bridgehead atoms. The van der Waals surface area contributed by atoms with Gasteiger partial charge in [-0.05, 0) is 92.2 Å². The fraction of sp³-hybridized carbons (Fsp3) is 0.559. The van der Waals surface area contributed by atoms with Gasteiger partial charge in [-0.2, -0.15) is 0 Å². The lowest BCUT2D eigenvalue weighted by Gasteiger charge is -2.62. The van der Waals surface area contributed by atoms with E-state index in [1.54, 1.807) is 6.33 Å². The van der Waals surface area contributed by atoms with Crippen LogP contribution in [0.25, 0.3) is 10.9 Å².